The Balaban J connectivity index is 2.04. The molecule has 0 aliphatic heterocycles. The average Bonchev–Trinajstić information content (AvgIpc) is 2.74. The summed E-state index contributed by atoms with van der Waals surface area (Å²) in [6.45, 7) is 6.79. The van der Waals surface area contributed by atoms with E-state index in [1.165, 1.54) is 0 Å². The zero-order chi connectivity index (χ0) is 21.1. The molecule has 2 amide bonds. The lowest BCUT2D eigenvalue weighted by Crippen LogP contribution is -2.50. The van der Waals surface area contributed by atoms with Crippen LogP contribution in [0.1, 0.15) is 37.8 Å². The number of hydrogen-bond acceptors (Lipinski definition) is 3. The predicted octanol–water partition coefficient (Wildman–Crippen LogP) is 3.75. The molecule has 0 aliphatic rings. The van der Waals surface area contributed by atoms with Crippen molar-refractivity contribution in [3.05, 3.63) is 65.7 Å². The van der Waals surface area contributed by atoms with Crippen molar-refractivity contribution in [1.29, 1.82) is 0 Å². The van der Waals surface area contributed by atoms with Gasteiger partial charge in [0.2, 0.25) is 5.91 Å². The quantitative estimate of drug-likeness (QED) is 0.589. The molecule has 0 aromatic heterocycles. The van der Waals surface area contributed by atoms with E-state index in [2.05, 4.69) is 12.2 Å². The van der Waals surface area contributed by atoms with Crippen LogP contribution in [0.3, 0.4) is 0 Å². The van der Waals surface area contributed by atoms with E-state index in [1.54, 1.807) is 11.8 Å². The fourth-order valence-electron chi connectivity index (χ4n) is 3.05. The van der Waals surface area contributed by atoms with E-state index >= 15 is 0 Å². The van der Waals surface area contributed by atoms with Crippen LogP contribution in [-0.2, 0) is 16.0 Å². The van der Waals surface area contributed by atoms with Crippen LogP contribution in [0, 0.1) is 6.92 Å². The second-order valence-corrected chi connectivity index (χ2v) is 7.20. The Bertz CT molecular complexity index is 777. The Kier molecular flexibility index (Phi) is 9.22. The number of para-hydroxylation sites is 1. The summed E-state index contributed by atoms with van der Waals surface area (Å²) in [7, 11) is 0. The number of aryl methyl sites for hydroxylation is 1. The van der Waals surface area contributed by atoms with Crippen LogP contribution in [0.5, 0.6) is 5.75 Å². The lowest BCUT2D eigenvalue weighted by atomic mass is 10.1. The lowest BCUT2D eigenvalue weighted by molar-refractivity contribution is -0.141. The Hall–Kier alpha value is -2.82. The van der Waals surface area contributed by atoms with Crippen LogP contribution < -0.4 is 10.1 Å². The lowest BCUT2D eigenvalue weighted by Gasteiger charge is -2.28. The van der Waals surface area contributed by atoms with E-state index in [-0.39, 0.29) is 18.4 Å². The molecule has 0 spiro atoms. The SMILES string of the molecule is CCCCNC(=O)C(C)N(CCc1ccccc1)C(=O)COc1ccccc1C. The highest BCUT2D eigenvalue weighted by atomic mass is 16.5. The molecule has 0 aliphatic carbocycles. The molecule has 0 saturated heterocycles. The Morgan fingerprint density at radius 2 is 1.76 bits per heavy atom. The molecule has 156 valence electrons. The second kappa shape index (κ2) is 11.9. The highest BCUT2D eigenvalue weighted by molar-refractivity contribution is 5.88. The molecule has 0 saturated carbocycles. The zero-order valence-corrected chi connectivity index (χ0v) is 17.7. The van der Waals surface area contributed by atoms with Crippen LogP contribution in [0.2, 0.25) is 0 Å². The van der Waals surface area contributed by atoms with Crippen molar-refractivity contribution in [2.24, 2.45) is 0 Å². The van der Waals surface area contributed by atoms with Gasteiger partial charge in [0.25, 0.3) is 5.91 Å². The third-order valence-electron chi connectivity index (χ3n) is 4.93. The first-order valence-corrected chi connectivity index (χ1v) is 10.3. The summed E-state index contributed by atoms with van der Waals surface area (Å²) in [5, 5.41) is 2.93. The van der Waals surface area contributed by atoms with Gasteiger partial charge in [-0.05, 0) is 43.9 Å². The minimum absolute atomic E-state index is 0.0910. The van der Waals surface area contributed by atoms with Crippen molar-refractivity contribution in [3.63, 3.8) is 0 Å². The fourth-order valence-corrected chi connectivity index (χ4v) is 3.05. The summed E-state index contributed by atoms with van der Waals surface area (Å²) in [6, 6.07) is 17.0. The molecular weight excluding hydrogens is 364 g/mol. The molecular formula is C24H32N2O3. The molecule has 0 bridgehead atoms. The first-order chi connectivity index (χ1) is 14.0. The zero-order valence-electron chi connectivity index (χ0n) is 17.7. The number of nitrogens with zero attached hydrogens (tertiary/aromatic N) is 1. The highest BCUT2D eigenvalue weighted by Crippen LogP contribution is 2.16. The third-order valence-corrected chi connectivity index (χ3v) is 4.93. The van der Waals surface area contributed by atoms with Gasteiger partial charge in [-0.2, -0.15) is 0 Å². The van der Waals surface area contributed by atoms with Gasteiger partial charge in [0, 0.05) is 13.1 Å². The minimum Gasteiger partial charge on any atom is -0.484 e. The van der Waals surface area contributed by atoms with Crippen molar-refractivity contribution in [3.8, 4) is 5.75 Å². The average molecular weight is 397 g/mol. The molecule has 2 aromatic carbocycles. The summed E-state index contributed by atoms with van der Waals surface area (Å²) >= 11 is 0. The number of hydrogen-bond donors (Lipinski definition) is 1. The largest absolute Gasteiger partial charge is 0.484 e. The first-order valence-electron chi connectivity index (χ1n) is 10.3. The molecule has 0 fully saturated rings. The van der Waals surface area contributed by atoms with Gasteiger partial charge in [0.05, 0.1) is 0 Å². The second-order valence-electron chi connectivity index (χ2n) is 7.20. The number of benzene rings is 2. The third kappa shape index (κ3) is 7.26. The van der Waals surface area contributed by atoms with Gasteiger partial charge in [0.15, 0.2) is 6.61 Å². The maximum absolute atomic E-state index is 12.9. The molecule has 0 heterocycles. The molecule has 29 heavy (non-hydrogen) atoms. The van der Waals surface area contributed by atoms with Gasteiger partial charge in [-0.1, -0.05) is 61.9 Å². The number of carbonyl (C=O) groups excluding carboxylic acids is 2. The number of rotatable bonds is 11. The van der Waals surface area contributed by atoms with Gasteiger partial charge in [-0.15, -0.1) is 0 Å². The summed E-state index contributed by atoms with van der Waals surface area (Å²) in [5.74, 6) is 0.363. The van der Waals surface area contributed by atoms with E-state index < -0.39 is 6.04 Å². The molecule has 1 atom stereocenters. The van der Waals surface area contributed by atoms with Crippen molar-refractivity contribution in [2.45, 2.75) is 46.1 Å². The van der Waals surface area contributed by atoms with Gasteiger partial charge in [-0.3, -0.25) is 9.59 Å². The predicted molar refractivity (Wildman–Crippen MR) is 116 cm³/mol. The van der Waals surface area contributed by atoms with Crippen LogP contribution >= 0.6 is 0 Å². The molecule has 1 N–H and O–H groups in total. The maximum atomic E-state index is 12.9. The van der Waals surface area contributed by atoms with Crippen LogP contribution in [-0.4, -0.2) is 42.5 Å². The van der Waals surface area contributed by atoms with Crippen LogP contribution in [0.15, 0.2) is 54.6 Å². The Morgan fingerprint density at radius 1 is 1.07 bits per heavy atom. The monoisotopic (exact) mass is 396 g/mol. The summed E-state index contributed by atoms with van der Waals surface area (Å²) < 4.78 is 5.74. The van der Waals surface area contributed by atoms with E-state index in [9.17, 15) is 9.59 Å². The van der Waals surface area contributed by atoms with E-state index in [0.29, 0.717) is 25.3 Å². The summed E-state index contributed by atoms with van der Waals surface area (Å²) in [5.41, 5.74) is 2.10. The van der Waals surface area contributed by atoms with E-state index in [1.807, 2.05) is 61.5 Å². The van der Waals surface area contributed by atoms with Crippen LogP contribution in [0.25, 0.3) is 0 Å². The summed E-state index contributed by atoms with van der Waals surface area (Å²) in [4.78, 5) is 27.1. The molecule has 2 aromatic rings. The topological polar surface area (TPSA) is 58.6 Å². The Labute approximate surface area is 174 Å². The minimum atomic E-state index is -0.552. The van der Waals surface area contributed by atoms with Crippen molar-refractivity contribution < 1.29 is 14.3 Å². The summed E-state index contributed by atoms with van der Waals surface area (Å²) in [6.07, 6.45) is 2.62. The maximum Gasteiger partial charge on any atom is 0.261 e. The molecule has 5 nitrogen and oxygen atoms in total. The molecule has 0 radical (unpaired) electrons. The number of nitrogens with one attached hydrogen (secondary N) is 1. The molecule has 5 heteroatoms. The van der Waals surface area contributed by atoms with Gasteiger partial charge in [0.1, 0.15) is 11.8 Å². The van der Waals surface area contributed by atoms with Crippen LogP contribution in [0.4, 0.5) is 0 Å². The number of unbranched alkanes of at least 4 members (excludes halogenated alkanes) is 1. The normalized spacial score (nSPS) is 11.6. The van der Waals surface area contributed by atoms with E-state index in [0.717, 1.165) is 24.0 Å². The highest BCUT2D eigenvalue weighted by Gasteiger charge is 2.26. The Morgan fingerprint density at radius 3 is 2.45 bits per heavy atom. The van der Waals surface area contributed by atoms with E-state index in [4.69, 9.17) is 4.74 Å². The molecule has 2 rings (SSSR count). The first kappa shape index (κ1) is 22.5. The van der Waals surface area contributed by atoms with Gasteiger partial charge < -0.3 is 15.0 Å². The van der Waals surface area contributed by atoms with Crippen molar-refractivity contribution >= 4 is 11.8 Å². The molecule has 1 unspecified atom stereocenters. The number of carbonyl (C=O) groups is 2. The van der Waals surface area contributed by atoms with Crippen molar-refractivity contribution in [2.75, 3.05) is 19.7 Å². The number of ether oxygens (including phenoxy) is 1. The van der Waals surface area contributed by atoms with Gasteiger partial charge in [-0.25, -0.2) is 0 Å². The van der Waals surface area contributed by atoms with Crippen molar-refractivity contribution in [1.82, 2.24) is 10.2 Å². The van der Waals surface area contributed by atoms with Gasteiger partial charge >= 0.3 is 0 Å². The fraction of sp³-hybridized carbons (Fsp3) is 0.417. The smallest absolute Gasteiger partial charge is 0.261 e. The standard InChI is InChI=1S/C24H32N2O3/c1-4-5-16-25-24(28)20(3)26(17-15-21-12-7-6-8-13-21)23(27)18-29-22-14-10-9-11-19(22)2/h6-14,20H,4-5,15-18H2,1-3H3,(H,25,28). The number of amides is 2.